The molecule has 1 aliphatic rings. The summed E-state index contributed by atoms with van der Waals surface area (Å²) in [6, 6.07) is 0. The Hall–Kier alpha value is 1.47. The van der Waals surface area contributed by atoms with Gasteiger partial charge in [0.2, 0.25) is 0 Å². The largest absolute Gasteiger partial charge is 1.00 e. The third kappa shape index (κ3) is 7.72. The Kier molecular flexibility index (Phi) is 8.50. The van der Waals surface area contributed by atoms with Crippen molar-refractivity contribution in [1.82, 2.24) is 4.90 Å². The molecule has 0 saturated carbocycles. The quantitative estimate of drug-likeness (QED) is 0.377. The number of hydrogen-bond acceptors (Lipinski definition) is 5. The van der Waals surface area contributed by atoms with Gasteiger partial charge in [0.05, 0.1) is 23.3 Å². The van der Waals surface area contributed by atoms with Gasteiger partial charge in [-0.05, 0) is 13.0 Å². The number of morpholine rings is 1. The molecule has 7 heteroatoms. The third-order valence-corrected chi connectivity index (χ3v) is 2.76. The summed E-state index contributed by atoms with van der Waals surface area (Å²) in [5.74, 6) is -0.260. The first-order valence-corrected chi connectivity index (χ1v) is 5.89. The van der Waals surface area contributed by atoms with E-state index in [0.29, 0.717) is 26.2 Å². The van der Waals surface area contributed by atoms with Crippen LogP contribution in [0.5, 0.6) is 0 Å². The van der Waals surface area contributed by atoms with Crippen molar-refractivity contribution in [3.8, 4) is 0 Å². The van der Waals surface area contributed by atoms with Crippen molar-refractivity contribution in [3.05, 3.63) is 0 Å². The molecule has 0 atom stereocenters. The average Bonchev–Trinajstić information content (AvgIpc) is 2.04. The second-order valence-corrected chi connectivity index (χ2v) is 4.59. The standard InChI is InChI=1S/C7H15NO4S.K/c9-13(10,11)7-1-2-8-3-5-12-6-4-8;/h1-7H2,(H,9,10,11);/q;+1/p-1. The van der Waals surface area contributed by atoms with E-state index in [1.807, 2.05) is 0 Å². The Morgan fingerprint density at radius 3 is 2.36 bits per heavy atom. The monoisotopic (exact) mass is 247 g/mol. The van der Waals surface area contributed by atoms with E-state index in [1.165, 1.54) is 0 Å². The number of ether oxygens (including phenoxy) is 1. The first kappa shape index (κ1) is 15.5. The smallest absolute Gasteiger partial charge is 0.748 e. The van der Waals surface area contributed by atoms with Gasteiger partial charge in [0, 0.05) is 18.8 Å². The van der Waals surface area contributed by atoms with Crippen LogP contribution < -0.4 is 51.4 Å². The molecule has 1 fully saturated rings. The van der Waals surface area contributed by atoms with Crippen LogP contribution in [0.2, 0.25) is 0 Å². The van der Waals surface area contributed by atoms with Gasteiger partial charge in [-0.3, -0.25) is 4.90 Å². The molecular formula is C7H14KNO4S. The van der Waals surface area contributed by atoms with Crippen molar-refractivity contribution in [2.24, 2.45) is 0 Å². The zero-order valence-electron chi connectivity index (χ0n) is 8.44. The van der Waals surface area contributed by atoms with Gasteiger partial charge in [-0.1, -0.05) is 0 Å². The molecule has 1 saturated heterocycles. The summed E-state index contributed by atoms with van der Waals surface area (Å²) in [5, 5.41) is 0. The Labute approximate surface area is 127 Å². The van der Waals surface area contributed by atoms with E-state index in [1.54, 1.807) is 0 Å². The molecule has 0 aromatic heterocycles. The summed E-state index contributed by atoms with van der Waals surface area (Å²) in [5.41, 5.74) is 0. The molecule has 0 aromatic carbocycles. The van der Waals surface area contributed by atoms with Crippen LogP contribution in [-0.2, 0) is 14.9 Å². The van der Waals surface area contributed by atoms with Gasteiger partial charge in [-0.2, -0.15) is 0 Å². The molecule has 0 N–H and O–H groups in total. The summed E-state index contributed by atoms with van der Waals surface area (Å²) < 4.78 is 35.9. The predicted octanol–water partition coefficient (Wildman–Crippen LogP) is -3.74. The van der Waals surface area contributed by atoms with E-state index in [-0.39, 0.29) is 57.1 Å². The van der Waals surface area contributed by atoms with Gasteiger partial charge in [-0.25, -0.2) is 8.42 Å². The number of hydrogen-bond donors (Lipinski definition) is 0. The van der Waals surface area contributed by atoms with E-state index in [4.69, 9.17) is 4.74 Å². The van der Waals surface area contributed by atoms with Crippen LogP contribution in [0.4, 0.5) is 0 Å². The van der Waals surface area contributed by atoms with Crippen LogP contribution >= 0.6 is 0 Å². The molecule has 0 aromatic rings. The Morgan fingerprint density at radius 1 is 1.29 bits per heavy atom. The van der Waals surface area contributed by atoms with Crippen molar-refractivity contribution in [1.29, 1.82) is 0 Å². The number of rotatable bonds is 4. The van der Waals surface area contributed by atoms with E-state index >= 15 is 0 Å². The summed E-state index contributed by atoms with van der Waals surface area (Å²) in [4.78, 5) is 2.11. The number of nitrogens with zero attached hydrogens (tertiary/aromatic N) is 1. The second kappa shape index (κ2) is 7.69. The molecule has 1 rings (SSSR count). The van der Waals surface area contributed by atoms with Crippen molar-refractivity contribution in [2.75, 3.05) is 38.6 Å². The minimum absolute atomic E-state index is 0. The van der Waals surface area contributed by atoms with E-state index in [0.717, 1.165) is 13.1 Å². The molecule has 1 heterocycles. The first-order valence-electron chi connectivity index (χ1n) is 4.31. The van der Waals surface area contributed by atoms with Crippen molar-refractivity contribution >= 4 is 10.1 Å². The molecule has 0 unspecified atom stereocenters. The fraction of sp³-hybridized carbons (Fsp3) is 1.00. The van der Waals surface area contributed by atoms with Gasteiger partial charge in [0.1, 0.15) is 0 Å². The predicted molar refractivity (Wildman–Crippen MR) is 46.4 cm³/mol. The zero-order valence-corrected chi connectivity index (χ0v) is 12.4. The van der Waals surface area contributed by atoms with Crippen molar-refractivity contribution < 1.29 is 69.1 Å². The van der Waals surface area contributed by atoms with Gasteiger partial charge in [0.25, 0.3) is 0 Å². The Morgan fingerprint density at radius 2 is 1.86 bits per heavy atom. The molecule has 0 amide bonds. The molecule has 78 valence electrons. The van der Waals surface area contributed by atoms with Crippen LogP contribution in [0.3, 0.4) is 0 Å². The molecular weight excluding hydrogens is 233 g/mol. The van der Waals surface area contributed by atoms with E-state index < -0.39 is 10.1 Å². The fourth-order valence-electron chi connectivity index (χ4n) is 1.29. The normalized spacial score (nSPS) is 18.9. The van der Waals surface area contributed by atoms with Crippen molar-refractivity contribution in [3.63, 3.8) is 0 Å². The topological polar surface area (TPSA) is 69.7 Å². The summed E-state index contributed by atoms with van der Waals surface area (Å²) in [6.07, 6.45) is 0.422. The minimum atomic E-state index is -4.03. The van der Waals surface area contributed by atoms with Gasteiger partial charge < -0.3 is 9.29 Å². The van der Waals surface area contributed by atoms with Crippen LogP contribution in [0.15, 0.2) is 0 Å². The maximum absolute atomic E-state index is 10.3. The SMILES string of the molecule is O=S(=O)([O-])CCCN1CCOCC1.[K+]. The average molecular weight is 247 g/mol. The minimum Gasteiger partial charge on any atom is -0.748 e. The molecule has 0 bridgehead atoms. The van der Waals surface area contributed by atoms with Crippen molar-refractivity contribution in [2.45, 2.75) is 6.42 Å². The molecule has 5 nitrogen and oxygen atoms in total. The summed E-state index contributed by atoms with van der Waals surface area (Å²) in [7, 11) is -4.03. The Bertz CT molecular complexity index is 238. The Balaban J connectivity index is 0.00000169. The zero-order chi connectivity index (χ0) is 9.73. The molecule has 1 aliphatic heterocycles. The van der Waals surface area contributed by atoms with E-state index in [9.17, 15) is 13.0 Å². The van der Waals surface area contributed by atoms with Gasteiger partial charge in [-0.15, -0.1) is 0 Å². The third-order valence-electron chi connectivity index (χ3n) is 1.97. The second-order valence-electron chi connectivity index (χ2n) is 3.07. The van der Waals surface area contributed by atoms with Crippen LogP contribution in [-0.4, -0.2) is 56.5 Å². The van der Waals surface area contributed by atoms with Crippen LogP contribution in [0, 0.1) is 0 Å². The molecule has 0 spiro atoms. The maximum atomic E-state index is 10.3. The summed E-state index contributed by atoms with van der Waals surface area (Å²) >= 11 is 0. The van der Waals surface area contributed by atoms with Crippen LogP contribution in [0.1, 0.15) is 6.42 Å². The fourth-order valence-corrected chi connectivity index (χ4v) is 1.77. The maximum Gasteiger partial charge on any atom is 1.00 e. The summed E-state index contributed by atoms with van der Waals surface area (Å²) in [6.45, 7) is 3.73. The van der Waals surface area contributed by atoms with Gasteiger partial charge >= 0.3 is 51.4 Å². The molecule has 0 aliphatic carbocycles. The van der Waals surface area contributed by atoms with E-state index in [2.05, 4.69) is 4.90 Å². The molecule has 0 radical (unpaired) electrons. The van der Waals surface area contributed by atoms with Gasteiger partial charge in [0.15, 0.2) is 0 Å². The first-order chi connectivity index (χ1) is 6.08. The van der Waals surface area contributed by atoms with Crippen LogP contribution in [0.25, 0.3) is 0 Å². The molecule has 14 heavy (non-hydrogen) atoms.